The number of carbonyl (C=O) groups is 2. The highest BCUT2D eigenvalue weighted by Gasteiger charge is 2.10. The minimum Gasteiger partial charge on any atom is -0.356 e. The first-order valence-corrected chi connectivity index (χ1v) is 8.16. The van der Waals surface area contributed by atoms with Crippen molar-refractivity contribution in [3.05, 3.63) is 71.5 Å². The molecule has 0 fully saturated rings. The summed E-state index contributed by atoms with van der Waals surface area (Å²) in [6, 6.07) is 15.5. The molecule has 2 aromatic carbocycles. The van der Waals surface area contributed by atoms with Crippen LogP contribution in [0.15, 0.2) is 54.6 Å². The van der Waals surface area contributed by atoms with Crippen molar-refractivity contribution in [1.29, 1.82) is 0 Å². The summed E-state index contributed by atoms with van der Waals surface area (Å²) >= 11 is 0. The minimum absolute atomic E-state index is 0.131. The van der Waals surface area contributed by atoms with Gasteiger partial charge in [-0.05, 0) is 42.2 Å². The van der Waals surface area contributed by atoms with Gasteiger partial charge in [0, 0.05) is 24.9 Å². The Hall–Kier alpha value is -2.49. The predicted molar refractivity (Wildman–Crippen MR) is 92.4 cm³/mol. The van der Waals surface area contributed by atoms with E-state index in [1.54, 1.807) is 0 Å². The van der Waals surface area contributed by atoms with E-state index in [4.69, 9.17) is 0 Å². The van der Waals surface area contributed by atoms with E-state index in [0.717, 1.165) is 6.42 Å². The lowest BCUT2D eigenvalue weighted by molar-refractivity contribution is -0.121. The first-order chi connectivity index (χ1) is 11.6. The first-order valence-electron chi connectivity index (χ1n) is 8.16. The number of ketones is 1. The normalized spacial score (nSPS) is 11.8. The number of Topliss-reactive ketones (excluding diaryl/α,β-unsaturated/α-hetero) is 1. The molecule has 1 atom stereocenters. The van der Waals surface area contributed by atoms with Gasteiger partial charge < -0.3 is 5.32 Å². The molecular weight excluding hydrogens is 305 g/mol. The molecule has 0 aromatic heterocycles. The number of benzene rings is 2. The maximum absolute atomic E-state index is 12.8. The first kappa shape index (κ1) is 17.9. The van der Waals surface area contributed by atoms with Crippen LogP contribution in [0.3, 0.4) is 0 Å². The van der Waals surface area contributed by atoms with Crippen molar-refractivity contribution in [1.82, 2.24) is 5.32 Å². The van der Waals surface area contributed by atoms with Crippen LogP contribution in [0, 0.1) is 5.82 Å². The van der Waals surface area contributed by atoms with E-state index in [1.165, 1.54) is 29.8 Å². The zero-order valence-electron chi connectivity index (χ0n) is 13.8. The molecule has 0 radical (unpaired) electrons. The van der Waals surface area contributed by atoms with Crippen LogP contribution in [-0.2, 0) is 4.79 Å². The number of hydrogen-bond acceptors (Lipinski definition) is 2. The van der Waals surface area contributed by atoms with E-state index in [-0.39, 0.29) is 30.3 Å². The summed E-state index contributed by atoms with van der Waals surface area (Å²) in [6.45, 7) is 2.71. The summed E-state index contributed by atoms with van der Waals surface area (Å²) in [4.78, 5) is 23.8. The Bertz CT molecular complexity index is 668. The summed E-state index contributed by atoms with van der Waals surface area (Å²) in [5.74, 6) is -0.294. The quantitative estimate of drug-likeness (QED) is 0.742. The van der Waals surface area contributed by atoms with Gasteiger partial charge in [-0.1, -0.05) is 37.3 Å². The molecule has 1 unspecified atom stereocenters. The lowest BCUT2D eigenvalue weighted by atomic mass is 9.98. The molecule has 0 heterocycles. The number of halogens is 1. The molecule has 0 aliphatic heterocycles. The van der Waals surface area contributed by atoms with E-state index >= 15 is 0 Å². The van der Waals surface area contributed by atoms with Gasteiger partial charge >= 0.3 is 0 Å². The summed E-state index contributed by atoms with van der Waals surface area (Å²) in [6.07, 6.45) is 1.13. The van der Waals surface area contributed by atoms with Gasteiger partial charge in [0.2, 0.25) is 5.91 Å². The summed E-state index contributed by atoms with van der Waals surface area (Å²) in [7, 11) is 0. The SMILES string of the molecule is CC(CCNC(=O)CCC(=O)c1ccc(F)cc1)c1ccccc1. The van der Waals surface area contributed by atoms with Gasteiger partial charge in [-0.15, -0.1) is 0 Å². The molecule has 2 rings (SSSR count). The third-order valence-electron chi connectivity index (χ3n) is 4.01. The molecule has 0 bridgehead atoms. The van der Waals surface area contributed by atoms with Crippen LogP contribution >= 0.6 is 0 Å². The van der Waals surface area contributed by atoms with E-state index < -0.39 is 0 Å². The van der Waals surface area contributed by atoms with Crippen LogP contribution in [0.5, 0.6) is 0 Å². The Balaban J connectivity index is 1.68. The van der Waals surface area contributed by atoms with Crippen LogP contribution in [-0.4, -0.2) is 18.2 Å². The second-order valence-corrected chi connectivity index (χ2v) is 5.88. The smallest absolute Gasteiger partial charge is 0.220 e. The highest BCUT2D eigenvalue weighted by molar-refractivity contribution is 5.97. The average Bonchev–Trinajstić information content (AvgIpc) is 2.61. The third kappa shape index (κ3) is 5.61. The minimum atomic E-state index is -0.378. The van der Waals surface area contributed by atoms with Crippen LogP contribution in [0.4, 0.5) is 4.39 Å². The van der Waals surface area contributed by atoms with E-state index in [0.29, 0.717) is 18.0 Å². The monoisotopic (exact) mass is 327 g/mol. The Morgan fingerprint density at radius 1 is 1.00 bits per heavy atom. The molecule has 0 spiro atoms. The van der Waals surface area contributed by atoms with Crippen molar-refractivity contribution >= 4 is 11.7 Å². The average molecular weight is 327 g/mol. The van der Waals surface area contributed by atoms with Gasteiger partial charge in [0.15, 0.2) is 5.78 Å². The van der Waals surface area contributed by atoms with E-state index in [2.05, 4.69) is 24.4 Å². The van der Waals surface area contributed by atoms with Crippen LogP contribution in [0.2, 0.25) is 0 Å². The van der Waals surface area contributed by atoms with Crippen molar-refractivity contribution in [2.45, 2.75) is 32.1 Å². The van der Waals surface area contributed by atoms with Gasteiger partial charge in [0.25, 0.3) is 0 Å². The highest BCUT2D eigenvalue weighted by atomic mass is 19.1. The van der Waals surface area contributed by atoms with E-state index in [9.17, 15) is 14.0 Å². The third-order valence-corrected chi connectivity index (χ3v) is 4.01. The Morgan fingerprint density at radius 2 is 1.67 bits per heavy atom. The van der Waals surface area contributed by atoms with Crippen LogP contribution < -0.4 is 5.32 Å². The molecule has 1 N–H and O–H groups in total. The largest absolute Gasteiger partial charge is 0.356 e. The van der Waals surface area contributed by atoms with Gasteiger partial charge in [-0.3, -0.25) is 9.59 Å². The molecule has 0 aliphatic carbocycles. The summed E-state index contributed by atoms with van der Waals surface area (Å²) < 4.78 is 12.8. The fraction of sp³-hybridized carbons (Fsp3) is 0.300. The molecule has 1 amide bonds. The second-order valence-electron chi connectivity index (χ2n) is 5.88. The molecular formula is C20H22FNO2. The second kappa shape index (κ2) is 8.96. The lowest BCUT2D eigenvalue weighted by Gasteiger charge is -2.12. The molecule has 126 valence electrons. The molecule has 3 nitrogen and oxygen atoms in total. The number of hydrogen-bond donors (Lipinski definition) is 1. The van der Waals surface area contributed by atoms with Crippen molar-refractivity contribution in [3.63, 3.8) is 0 Å². The van der Waals surface area contributed by atoms with Crippen molar-refractivity contribution in [2.75, 3.05) is 6.54 Å². The maximum atomic E-state index is 12.8. The number of amides is 1. The topological polar surface area (TPSA) is 46.2 Å². The lowest BCUT2D eigenvalue weighted by Crippen LogP contribution is -2.25. The van der Waals surface area contributed by atoms with Crippen LogP contribution in [0.1, 0.15) is 48.0 Å². The maximum Gasteiger partial charge on any atom is 0.220 e. The van der Waals surface area contributed by atoms with Crippen molar-refractivity contribution < 1.29 is 14.0 Å². The fourth-order valence-electron chi connectivity index (χ4n) is 2.47. The molecule has 24 heavy (non-hydrogen) atoms. The zero-order chi connectivity index (χ0) is 17.4. The zero-order valence-corrected chi connectivity index (χ0v) is 13.8. The molecule has 2 aromatic rings. The standard InChI is InChI=1S/C20H22FNO2/c1-15(16-5-3-2-4-6-16)13-14-22-20(24)12-11-19(23)17-7-9-18(21)10-8-17/h2-10,15H,11-14H2,1H3,(H,22,24). The molecule has 0 saturated heterocycles. The van der Waals surface area contributed by atoms with Gasteiger partial charge in [0.05, 0.1) is 0 Å². The van der Waals surface area contributed by atoms with Crippen molar-refractivity contribution in [3.8, 4) is 0 Å². The Labute approximate surface area is 141 Å². The summed E-state index contributed by atoms with van der Waals surface area (Å²) in [5, 5.41) is 2.85. The van der Waals surface area contributed by atoms with Crippen LogP contribution in [0.25, 0.3) is 0 Å². The number of carbonyl (C=O) groups excluding carboxylic acids is 2. The predicted octanol–water partition coefficient (Wildman–Crippen LogP) is 4.10. The van der Waals surface area contributed by atoms with Gasteiger partial charge in [-0.2, -0.15) is 0 Å². The summed E-state index contributed by atoms with van der Waals surface area (Å²) in [5.41, 5.74) is 1.68. The Kier molecular flexibility index (Phi) is 6.67. The molecule has 4 heteroatoms. The highest BCUT2D eigenvalue weighted by Crippen LogP contribution is 2.17. The van der Waals surface area contributed by atoms with Gasteiger partial charge in [0.1, 0.15) is 5.82 Å². The molecule has 0 saturated carbocycles. The van der Waals surface area contributed by atoms with Gasteiger partial charge in [-0.25, -0.2) is 4.39 Å². The number of nitrogens with one attached hydrogen (secondary N) is 1. The van der Waals surface area contributed by atoms with E-state index in [1.807, 2.05) is 18.2 Å². The Morgan fingerprint density at radius 3 is 2.33 bits per heavy atom. The molecule has 0 aliphatic rings. The van der Waals surface area contributed by atoms with Crippen molar-refractivity contribution in [2.24, 2.45) is 0 Å². The fourth-order valence-corrected chi connectivity index (χ4v) is 2.47. The number of rotatable bonds is 8.